The fraction of sp³-hybridized carbons (Fsp3) is 0.0909. The zero-order valence-corrected chi connectivity index (χ0v) is 11.2. The van der Waals surface area contributed by atoms with Gasteiger partial charge >= 0.3 is 0 Å². The molecule has 1 aromatic carbocycles. The first-order chi connectivity index (χ1) is 8.90. The number of nitrogens with one attached hydrogen (secondary N) is 1. The van der Waals surface area contributed by atoms with Crippen LogP contribution in [0.2, 0.25) is 0 Å². The highest BCUT2D eigenvalue weighted by Gasteiger charge is 2.17. The molecule has 2 aromatic rings. The minimum absolute atomic E-state index is 0.0395. The van der Waals surface area contributed by atoms with Gasteiger partial charge < -0.3 is 5.73 Å². The number of anilines is 1. The van der Waals surface area contributed by atoms with Crippen molar-refractivity contribution in [1.82, 2.24) is 0 Å². The Morgan fingerprint density at radius 2 is 1.79 bits per heavy atom. The van der Waals surface area contributed by atoms with Gasteiger partial charge in [-0.25, -0.2) is 17.2 Å². The normalized spacial score (nSPS) is 11.5. The van der Waals surface area contributed by atoms with Gasteiger partial charge in [0, 0.05) is 12.6 Å². The molecule has 0 amide bonds. The van der Waals surface area contributed by atoms with Crippen LogP contribution in [0.1, 0.15) is 5.56 Å². The maximum Gasteiger partial charge on any atom is 0.271 e. The van der Waals surface area contributed by atoms with Crippen LogP contribution in [0.3, 0.4) is 0 Å². The zero-order valence-electron chi connectivity index (χ0n) is 9.56. The summed E-state index contributed by atoms with van der Waals surface area (Å²) in [4.78, 5) is 0. The van der Waals surface area contributed by atoms with Crippen molar-refractivity contribution in [3.63, 3.8) is 0 Å². The molecule has 1 aromatic heterocycles. The van der Waals surface area contributed by atoms with E-state index in [4.69, 9.17) is 5.73 Å². The smallest absolute Gasteiger partial charge is 0.271 e. The van der Waals surface area contributed by atoms with Crippen LogP contribution >= 0.6 is 11.3 Å². The first-order valence-electron chi connectivity index (χ1n) is 5.17. The largest absolute Gasteiger partial charge is 0.326 e. The number of benzene rings is 1. The van der Waals surface area contributed by atoms with Gasteiger partial charge in [-0.2, -0.15) is 0 Å². The summed E-state index contributed by atoms with van der Waals surface area (Å²) in [7, 11) is -3.86. The predicted molar refractivity (Wildman–Crippen MR) is 69.4 cm³/mol. The first-order valence-corrected chi connectivity index (χ1v) is 7.53. The molecule has 0 saturated heterocycles. The van der Waals surface area contributed by atoms with Crippen LogP contribution in [0.25, 0.3) is 0 Å². The summed E-state index contributed by atoms with van der Waals surface area (Å²) in [5.74, 6) is -1.71. The van der Waals surface area contributed by atoms with Gasteiger partial charge in [-0.05, 0) is 29.1 Å². The maximum absolute atomic E-state index is 13.0. The zero-order chi connectivity index (χ0) is 14.0. The van der Waals surface area contributed by atoms with Gasteiger partial charge in [0.15, 0.2) is 0 Å². The summed E-state index contributed by atoms with van der Waals surface area (Å²) >= 11 is 0.991. The lowest BCUT2D eigenvalue weighted by atomic mass is 10.3. The van der Waals surface area contributed by atoms with E-state index in [1.54, 1.807) is 5.38 Å². The average Bonchev–Trinajstić information content (AvgIpc) is 2.75. The lowest BCUT2D eigenvalue weighted by Gasteiger charge is -2.06. The van der Waals surface area contributed by atoms with E-state index in [0.29, 0.717) is 11.6 Å². The second-order valence-electron chi connectivity index (χ2n) is 3.74. The Morgan fingerprint density at radius 1 is 1.16 bits per heavy atom. The first kappa shape index (κ1) is 13.9. The van der Waals surface area contributed by atoms with Crippen LogP contribution in [-0.4, -0.2) is 8.42 Å². The number of hydrogen-bond donors (Lipinski definition) is 2. The molecule has 0 fully saturated rings. The van der Waals surface area contributed by atoms with Crippen LogP contribution < -0.4 is 10.5 Å². The van der Waals surface area contributed by atoms with E-state index in [1.807, 2.05) is 0 Å². The molecular weight excluding hydrogens is 294 g/mol. The highest BCUT2D eigenvalue weighted by atomic mass is 32.2. The summed E-state index contributed by atoms with van der Waals surface area (Å²) in [5.41, 5.74) is 5.90. The van der Waals surface area contributed by atoms with Crippen molar-refractivity contribution >= 4 is 27.0 Å². The Hall–Kier alpha value is -1.51. The molecule has 4 nitrogen and oxygen atoms in total. The fourth-order valence-electron chi connectivity index (χ4n) is 1.42. The van der Waals surface area contributed by atoms with Crippen LogP contribution in [0.15, 0.2) is 33.9 Å². The molecule has 0 radical (unpaired) electrons. The van der Waals surface area contributed by atoms with Crippen LogP contribution in [0, 0.1) is 11.6 Å². The number of thiophene rings is 1. The Kier molecular flexibility index (Phi) is 3.83. The quantitative estimate of drug-likeness (QED) is 0.910. The molecule has 0 aliphatic carbocycles. The number of nitrogens with two attached hydrogens (primary N) is 1. The van der Waals surface area contributed by atoms with Gasteiger partial charge in [0.1, 0.15) is 15.8 Å². The molecule has 8 heteroatoms. The number of halogens is 2. The SMILES string of the molecule is NCc1csc(S(=O)(=O)Nc2cc(F)cc(F)c2)c1. The second-order valence-corrected chi connectivity index (χ2v) is 6.56. The summed E-state index contributed by atoms with van der Waals surface area (Å²) < 4.78 is 52.0. The average molecular weight is 304 g/mol. The topological polar surface area (TPSA) is 72.2 Å². The Bertz CT molecular complexity index is 678. The summed E-state index contributed by atoms with van der Waals surface area (Å²) in [5, 5.41) is 1.61. The van der Waals surface area contributed by atoms with E-state index in [1.165, 1.54) is 6.07 Å². The van der Waals surface area contributed by atoms with Crippen molar-refractivity contribution in [2.45, 2.75) is 10.8 Å². The lowest BCUT2D eigenvalue weighted by molar-refractivity contribution is 0.584. The third-order valence-corrected chi connectivity index (χ3v) is 5.11. The van der Waals surface area contributed by atoms with Crippen molar-refractivity contribution in [3.05, 3.63) is 46.8 Å². The van der Waals surface area contributed by atoms with Gasteiger partial charge in [0.2, 0.25) is 0 Å². The molecule has 0 aliphatic heterocycles. The number of hydrogen-bond acceptors (Lipinski definition) is 4. The van der Waals surface area contributed by atoms with Crippen LogP contribution in [-0.2, 0) is 16.6 Å². The Balaban J connectivity index is 2.30. The van der Waals surface area contributed by atoms with E-state index in [9.17, 15) is 17.2 Å². The summed E-state index contributed by atoms with van der Waals surface area (Å²) in [6, 6.07) is 3.88. The molecule has 19 heavy (non-hydrogen) atoms. The van der Waals surface area contributed by atoms with Crippen molar-refractivity contribution in [1.29, 1.82) is 0 Å². The molecular formula is C11H10F2N2O2S2. The third-order valence-electron chi connectivity index (χ3n) is 2.25. The lowest BCUT2D eigenvalue weighted by Crippen LogP contribution is -2.12. The van der Waals surface area contributed by atoms with Crippen LogP contribution in [0.4, 0.5) is 14.5 Å². The summed E-state index contributed by atoms with van der Waals surface area (Å²) in [6.45, 7) is 0.223. The van der Waals surface area contributed by atoms with Crippen molar-refractivity contribution in [2.75, 3.05) is 4.72 Å². The van der Waals surface area contributed by atoms with Crippen molar-refractivity contribution < 1.29 is 17.2 Å². The third kappa shape index (κ3) is 3.28. The molecule has 102 valence electrons. The molecule has 0 aliphatic rings. The molecule has 3 N–H and O–H groups in total. The van der Waals surface area contributed by atoms with Crippen molar-refractivity contribution in [2.24, 2.45) is 5.73 Å². The molecule has 0 spiro atoms. The van der Waals surface area contributed by atoms with Crippen molar-refractivity contribution in [3.8, 4) is 0 Å². The highest BCUT2D eigenvalue weighted by Crippen LogP contribution is 2.23. The van der Waals surface area contributed by atoms with Crippen LogP contribution in [0.5, 0.6) is 0 Å². The van der Waals surface area contributed by atoms with Gasteiger partial charge in [0.05, 0.1) is 5.69 Å². The minimum Gasteiger partial charge on any atom is -0.326 e. The number of rotatable bonds is 4. The number of sulfonamides is 1. The minimum atomic E-state index is -3.86. The van der Waals surface area contributed by atoms with E-state index in [2.05, 4.69) is 4.72 Å². The summed E-state index contributed by atoms with van der Waals surface area (Å²) in [6.07, 6.45) is 0. The highest BCUT2D eigenvalue weighted by molar-refractivity contribution is 7.94. The fourth-order valence-corrected chi connectivity index (χ4v) is 3.68. The molecule has 2 rings (SSSR count). The Labute approximate surface area is 112 Å². The second kappa shape index (κ2) is 5.24. The molecule has 0 atom stereocenters. The van der Waals surface area contributed by atoms with E-state index < -0.39 is 21.7 Å². The molecule has 1 heterocycles. The van der Waals surface area contributed by atoms with E-state index in [0.717, 1.165) is 23.5 Å². The predicted octanol–water partition coefficient (Wildman–Crippen LogP) is 2.29. The van der Waals surface area contributed by atoms with E-state index in [-0.39, 0.29) is 16.4 Å². The molecule has 0 saturated carbocycles. The van der Waals surface area contributed by atoms with E-state index >= 15 is 0 Å². The maximum atomic E-state index is 13.0. The van der Waals surface area contributed by atoms with Gasteiger partial charge in [-0.1, -0.05) is 0 Å². The van der Waals surface area contributed by atoms with Gasteiger partial charge in [0.25, 0.3) is 10.0 Å². The molecule has 0 bridgehead atoms. The Morgan fingerprint density at radius 3 is 2.32 bits per heavy atom. The monoisotopic (exact) mass is 304 g/mol. The molecule has 0 unspecified atom stereocenters. The van der Waals surface area contributed by atoms with Gasteiger partial charge in [-0.3, -0.25) is 4.72 Å². The standard InChI is InChI=1S/C11H10F2N2O2S2/c12-8-2-9(13)4-10(3-8)15-19(16,17)11-1-7(5-14)6-18-11/h1-4,6,15H,5,14H2. The van der Waals surface area contributed by atoms with Gasteiger partial charge in [-0.15, -0.1) is 11.3 Å².